The second-order valence-corrected chi connectivity index (χ2v) is 7.72. The Kier molecular flexibility index (Phi) is 38.8. The first-order valence-corrected chi connectivity index (χ1v) is 9.97. The minimum atomic E-state index is -1.08. The Morgan fingerprint density at radius 3 is 1.28 bits per heavy atom. The van der Waals surface area contributed by atoms with Gasteiger partial charge in [0.15, 0.2) is 0 Å². The first-order chi connectivity index (χ1) is 7.88. The summed E-state index contributed by atoms with van der Waals surface area (Å²) >= 11 is 0.149. The zero-order valence-corrected chi connectivity index (χ0v) is 17.9. The summed E-state index contributed by atoms with van der Waals surface area (Å²) in [6, 6.07) is 0. The average molecular weight is 416 g/mol. The van der Waals surface area contributed by atoms with Crippen molar-refractivity contribution in [3.05, 3.63) is 0 Å². The number of hydrogen-bond donors (Lipinski definition) is 0. The normalized spacial score (nSPS) is 7.78. The van der Waals surface area contributed by atoms with E-state index in [0.717, 1.165) is 13.8 Å². The maximum absolute atomic E-state index is 8.89. The van der Waals surface area contributed by atoms with Gasteiger partial charge in [-0.15, -0.1) is 0 Å². The van der Waals surface area contributed by atoms with Crippen LogP contribution in [0.1, 0.15) is 53.4 Å². The third kappa shape index (κ3) is 95.4. The molecule has 102 valence electrons. The molecule has 0 saturated heterocycles. The summed E-state index contributed by atoms with van der Waals surface area (Å²) in [7, 11) is 0. The molecule has 0 spiro atoms. The van der Waals surface area contributed by atoms with Crippen LogP contribution in [0.25, 0.3) is 0 Å². The van der Waals surface area contributed by atoms with Crippen LogP contribution in [0, 0.1) is 0 Å². The van der Waals surface area contributed by atoms with Gasteiger partial charge < -0.3 is 19.8 Å². The molecule has 0 heterocycles. The Balaban J connectivity index is -0.0000000922. The van der Waals surface area contributed by atoms with E-state index in [1.165, 1.54) is 25.7 Å². The minimum absolute atomic E-state index is 0. The Labute approximate surface area is 134 Å². The SMILES string of the molecule is CC(=O)[O-].CC(=O)[O-].CCC[CH2][Sn][CH2]CCC.[Zn+2]. The van der Waals surface area contributed by atoms with Crippen LogP contribution in [0.3, 0.4) is 0 Å². The Hall–Kier alpha value is 0.362. The molecule has 0 fully saturated rings. The minimum Gasteiger partial charge on any atom is 2.00 e. The van der Waals surface area contributed by atoms with E-state index in [1.807, 2.05) is 0 Å². The predicted molar refractivity (Wildman–Crippen MR) is 66.5 cm³/mol. The molecule has 0 aromatic carbocycles. The molecule has 4 nitrogen and oxygen atoms in total. The van der Waals surface area contributed by atoms with Gasteiger partial charge in [-0.2, -0.15) is 0 Å². The molecule has 0 aromatic heterocycles. The van der Waals surface area contributed by atoms with Gasteiger partial charge in [0.2, 0.25) is 0 Å². The van der Waals surface area contributed by atoms with Gasteiger partial charge in [-0.1, -0.05) is 0 Å². The number of carbonyl (C=O) groups excluding carboxylic acids is 2. The molecule has 0 aliphatic rings. The fourth-order valence-electron chi connectivity index (χ4n) is 0.729. The van der Waals surface area contributed by atoms with Crippen molar-refractivity contribution < 1.29 is 39.3 Å². The molecule has 0 aromatic rings. The van der Waals surface area contributed by atoms with Crippen molar-refractivity contribution in [2.75, 3.05) is 0 Å². The smallest absolute Gasteiger partial charge is 2.00 e. The van der Waals surface area contributed by atoms with Crippen LogP contribution in [-0.4, -0.2) is 33.1 Å². The maximum atomic E-state index is 8.89. The number of hydrogen-bond acceptors (Lipinski definition) is 4. The van der Waals surface area contributed by atoms with Crippen LogP contribution in [0.5, 0.6) is 0 Å². The fourth-order valence-corrected chi connectivity index (χ4v) is 4.89. The molecule has 18 heavy (non-hydrogen) atoms. The van der Waals surface area contributed by atoms with E-state index in [9.17, 15) is 0 Å². The fraction of sp³-hybridized carbons (Fsp3) is 0.833. The summed E-state index contributed by atoms with van der Waals surface area (Å²) < 4.78 is 3.25. The molecule has 0 N–H and O–H groups in total. The summed E-state index contributed by atoms with van der Waals surface area (Å²) in [6.45, 7) is 6.53. The molecule has 6 heteroatoms. The molecule has 0 saturated carbocycles. The van der Waals surface area contributed by atoms with Crippen molar-refractivity contribution in [3.63, 3.8) is 0 Å². The quantitative estimate of drug-likeness (QED) is 0.470. The van der Waals surface area contributed by atoms with Crippen LogP contribution >= 0.6 is 0 Å². The number of aliphatic carboxylic acids is 2. The van der Waals surface area contributed by atoms with E-state index < -0.39 is 11.9 Å². The number of carboxylic acid groups (broad SMARTS) is 2. The summed E-state index contributed by atoms with van der Waals surface area (Å²) in [5.41, 5.74) is 0. The third-order valence-corrected chi connectivity index (χ3v) is 5.45. The molecule has 0 amide bonds. The first-order valence-electron chi connectivity index (χ1n) is 5.94. The summed E-state index contributed by atoms with van der Waals surface area (Å²) in [6.07, 6.45) is 5.84. The van der Waals surface area contributed by atoms with Crippen molar-refractivity contribution in [1.29, 1.82) is 0 Å². The Morgan fingerprint density at radius 1 is 0.889 bits per heavy atom. The van der Waals surface area contributed by atoms with Crippen molar-refractivity contribution >= 4 is 33.1 Å². The van der Waals surface area contributed by atoms with Gasteiger partial charge in [-0.25, -0.2) is 0 Å². The van der Waals surface area contributed by atoms with Gasteiger partial charge in [-0.3, -0.25) is 0 Å². The van der Waals surface area contributed by atoms with Crippen molar-refractivity contribution in [2.45, 2.75) is 62.3 Å². The average Bonchev–Trinajstić information content (AvgIpc) is 2.16. The Bertz CT molecular complexity index is 151. The van der Waals surface area contributed by atoms with E-state index in [4.69, 9.17) is 19.8 Å². The zero-order valence-electron chi connectivity index (χ0n) is 12.1. The summed E-state index contributed by atoms with van der Waals surface area (Å²) in [5.74, 6) is -2.17. The summed E-state index contributed by atoms with van der Waals surface area (Å²) in [5, 5.41) is 17.8. The molecule has 0 atom stereocenters. The van der Waals surface area contributed by atoms with Gasteiger partial charge >= 0.3 is 89.0 Å². The first kappa shape index (κ1) is 26.8. The molecule has 0 bridgehead atoms. The van der Waals surface area contributed by atoms with Crippen molar-refractivity contribution in [1.82, 2.24) is 0 Å². The van der Waals surface area contributed by atoms with Gasteiger partial charge in [-0.05, 0) is 13.8 Å². The predicted octanol–water partition coefficient (Wildman–Crippen LogP) is 0.637. The Morgan fingerprint density at radius 2 is 1.11 bits per heavy atom. The largest absolute Gasteiger partial charge is 2.00 e. The standard InChI is InChI=1S/2C4H9.2C2H4O2.Sn.Zn/c2*1-3-4-2;2*1-2(3)4;;/h2*1,3-4H2,2H3;2*1H3,(H,3,4);;/q;;;;;+2/p-2. The molecular formula is C12H24O4SnZn. The van der Waals surface area contributed by atoms with Crippen LogP contribution < -0.4 is 10.2 Å². The van der Waals surface area contributed by atoms with Crippen LogP contribution in [0.4, 0.5) is 0 Å². The van der Waals surface area contributed by atoms with Gasteiger partial charge in [0.1, 0.15) is 0 Å². The molecule has 0 aliphatic carbocycles. The van der Waals surface area contributed by atoms with Crippen molar-refractivity contribution in [2.24, 2.45) is 0 Å². The maximum Gasteiger partial charge on any atom is 2.00 e. The second-order valence-electron chi connectivity index (χ2n) is 3.44. The molecular weight excluding hydrogens is 392 g/mol. The number of unbranched alkanes of at least 4 members (excludes halogenated alkanes) is 2. The van der Waals surface area contributed by atoms with Crippen molar-refractivity contribution in [3.8, 4) is 0 Å². The topological polar surface area (TPSA) is 80.3 Å². The molecule has 2 radical (unpaired) electrons. The van der Waals surface area contributed by atoms with Gasteiger partial charge in [0.25, 0.3) is 0 Å². The number of rotatable bonds is 6. The van der Waals surface area contributed by atoms with E-state index in [0.29, 0.717) is 0 Å². The van der Waals surface area contributed by atoms with Crippen LogP contribution in [0.2, 0.25) is 8.87 Å². The second kappa shape index (κ2) is 26.0. The number of carbonyl (C=O) groups is 2. The molecule has 0 unspecified atom stereocenters. The van der Waals surface area contributed by atoms with E-state index >= 15 is 0 Å². The van der Waals surface area contributed by atoms with E-state index in [1.54, 1.807) is 8.87 Å². The van der Waals surface area contributed by atoms with Crippen LogP contribution in [0.15, 0.2) is 0 Å². The van der Waals surface area contributed by atoms with Gasteiger partial charge in [0.05, 0.1) is 0 Å². The van der Waals surface area contributed by atoms with Crippen LogP contribution in [-0.2, 0) is 29.1 Å². The van der Waals surface area contributed by atoms with Gasteiger partial charge in [0, 0.05) is 11.9 Å². The zero-order chi connectivity index (χ0) is 14.1. The summed E-state index contributed by atoms with van der Waals surface area (Å²) in [4.78, 5) is 17.8. The molecule has 0 aliphatic heterocycles. The molecule has 0 rings (SSSR count). The van der Waals surface area contributed by atoms with E-state index in [2.05, 4.69) is 13.8 Å². The third-order valence-electron chi connectivity index (χ3n) is 1.41. The monoisotopic (exact) mass is 416 g/mol. The van der Waals surface area contributed by atoms with E-state index in [-0.39, 0.29) is 40.6 Å². The number of carboxylic acids is 2.